The molecule has 0 radical (unpaired) electrons. The Morgan fingerprint density at radius 3 is 2.60 bits per heavy atom. The highest BCUT2D eigenvalue weighted by Crippen LogP contribution is 2.31. The first-order valence-electron chi connectivity index (χ1n) is 5.09. The number of benzene rings is 1. The molecule has 0 N–H and O–H groups in total. The van der Waals surface area contributed by atoms with E-state index in [1.165, 1.54) is 11.1 Å². The molecule has 76 valence electrons. The highest BCUT2D eigenvalue weighted by molar-refractivity contribution is 5.91. The smallest absolute Gasteiger partial charge is 0.129 e. The number of fused-ring (bicyclic) bond motifs is 1. The summed E-state index contributed by atoms with van der Waals surface area (Å²) >= 11 is 0. The standard InChI is InChI=1S/C14H14O/c1-14(2,10-15)9-12-8-7-11-5-3-4-6-13(11)12/h3-10H,1-2H3/b12-9+. The lowest BCUT2D eigenvalue weighted by Gasteiger charge is -2.12. The molecule has 0 spiro atoms. The van der Waals surface area contributed by atoms with E-state index in [0.717, 1.165) is 11.9 Å². The van der Waals surface area contributed by atoms with Crippen molar-refractivity contribution >= 4 is 17.9 Å². The van der Waals surface area contributed by atoms with E-state index in [4.69, 9.17) is 0 Å². The lowest BCUT2D eigenvalue weighted by atomic mass is 9.91. The van der Waals surface area contributed by atoms with Crippen molar-refractivity contribution in [3.63, 3.8) is 0 Å². The zero-order chi connectivity index (χ0) is 10.9. The summed E-state index contributed by atoms with van der Waals surface area (Å²) in [6.07, 6.45) is 7.15. The van der Waals surface area contributed by atoms with Gasteiger partial charge in [0, 0.05) is 5.41 Å². The zero-order valence-electron chi connectivity index (χ0n) is 9.03. The lowest BCUT2D eigenvalue weighted by molar-refractivity contribution is -0.112. The highest BCUT2D eigenvalue weighted by Gasteiger charge is 2.17. The molecule has 1 aliphatic carbocycles. The van der Waals surface area contributed by atoms with Crippen LogP contribution in [0.1, 0.15) is 25.0 Å². The molecular formula is C14H14O. The van der Waals surface area contributed by atoms with E-state index in [1.54, 1.807) is 0 Å². The maximum atomic E-state index is 10.9. The molecule has 0 aromatic heterocycles. The summed E-state index contributed by atoms with van der Waals surface area (Å²) in [6.45, 7) is 3.84. The lowest BCUT2D eigenvalue weighted by Crippen LogP contribution is -2.09. The first-order valence-corrected chi connectivity index (χ1v) is 5.09. The SMILES string of the molecule is CC(C)(C=O)/C=C1\C=Cc2ccccc21. The van der Waals surface area contributed by atoms with Gasteiger partial charge in [-0.1, -0.05) is 42.5 Å². The maximum Gasteiger partial charge on any atom is 0.129 e. The second-order valence-corrected chi connectivity index (χ2v) is 4.46. The largest absolute Gasteiger partial charge is 0.302 e. The second kappa shape index (κ2) is 3.50. The van der Waals surface area contributed by atoms with Crippen LogP contribution in [0.3, 0.4) is 0 Å². The van der Waals surface area contributed by atoms with Gasteiger partial charge in [-0.3, -0.25) is 0 Å². The average Bonchev–Trinajstić information content (AvgIpc) is 2.62. The van der Waals surface area contributed by atoms with E-state index in [9.17, 15) is 4.79 Å². The van der Waals surface area contributed by atoms with Gasteiger partial charge < -0.3 is 4.79 Å². The van der Waals surface area contributed by atoms with Gasteiger partial charge in [-0.25, -0.2) is 0 Å². The molecule has 15 heavy (non-hydrogen) atoms. The van der Waals surface area contributed by atoms with Crippen LogP contribution in [0, 0.1) is 5.41 Å². The summed E-state index contributed by atoms with van der Waals surface area (Å²) in [6, 6.07) is 8.22. The molecule has 0 bridgehead atoms. The second-order valence-electron chi connectivity index (χ2n) is 4.46. The molecule has 0 atom stereocenters. The quantitative estimate of drug-likeness (QED) is 0.666. The van der Waals surface area contributed by atoms with E-state index >= 15 is 0 Å². The fraction of sp³-hybridized carbons (Fsp3) is 0.214. The minimum Gasteiger partial charge on any atom is -0.302 e. The van der Waals surface area contributed by atoms with Crippen LogP contribution in [0.25, 0.3) is 11.6 Å². The minimum atomic E-state index is -0.392. The molecule has 1 aromatic rings. The van der Waals surface area contributed by atoms with E-state index in [2.05, 4.69) is 24.3 Å². The zero-order valence-corrected chi connectivity index (χ0v) is 9.03. The molecule has 1 heteroatoms. The van der Waals surface area contributed by atoms with Gasteiger partial charge in [0.25, 0.3) is 0 Å². The van der Waals surface area contributed by atoms with Gasteiger partial charge >= 0.3 is 0 Å². The van der Waals surface area contributed by atoms with Crippen molar-refractivity contribution in [1.82, 2.24) is 0 Å². The third kappa shape index (κ3) is 1.91. The summed E-state index contributed by atoms with van der Waals surface area (Å²) in [5, 5.41) is 0. The highest BCUT2D eigenvalue weighted by atomic mass is 16.1. The number of carbonyl (C=O) groups is 1. The molecule has 0 fully saturated rings. The van der Waals surface area contributed by atoms with E-state index in [1.807, 2.05) is 32.1 Å². The van der Waals surface area contributed by atoms with Gasteiger partial charge in [-0.15, -0.1) is 0 Å². The number of allylic oxidation sites excluding steroid dienone is 3. The predicted molar refractivity (Wildman–Crippen MR) is 63.3 cm³/mol. The Morgan fingerprint density at radius 1 is 1.13 bits per heavy atom. The summed E-state index contributed by atoms with van der Waals surface area (Å²) in [5.74, 6) is 0. The Balaban J connectivity index is 2.44. The van der Waals surface area contributed by atoms with Gasteiger partial charge in [0.1, 0.15) is 6.29 Å². The van der Waals surface area contributed by atoms with Gasteiger partial charge in [-0.2, -0.15) is 0 Å². The van der Waals surface area contributed by atoms with Crippen LogP contribution in [0.15, 0.2) is 36.4 Å². The van der Waals surface area contributed by atoms with Crippen molar-refractivity contribution < 1.29 is 4.79 Å². The van der Waals surface area contributed by atoms with Crippen LogP contribution in [0.2, 0.25) is 0 Å². The van der Waals surface area contributed by atoms with Crippen molar-refractivity contribution in [2.24, 2.45) is 5.41 Å². The molecule has 0 amide bonds. The van der Waals surface area contributed by atoms with Crippen LogP contribution in [-0.2, 0) is 4.79 Å². The molecule has 0 aliphatic heterocycles. The molecule has 1 nitrogen and oxygen atoms in total. The molecule has 0 saturated heterocycles. The van der Waals surface area contributed by atoms with E-state index in [0.29, 0.717) is 0 Å². The molecule has 2 rings (SSSR count). The van der Waals surface area contributed by atoms with Crippen molar-refractivity contribution in [2.45, 2.75) is 13.8 Å². The predicted octanol–water partition coefficient (Wildman–Crippen LogP) is 3.32. The Kier molecular flexibility index (Phi) is 2.31. The molecule has 0 heterocycles. The first-order chi connectivity index (χ1) is 7.12. The van der Waals surface area contributed by atoms with Crippen molar-refractivity contribution in [3.8, 4) is 0 Å². The van der Waals surface area contributed by atoms with Crippen molar-refractivity contribution in [2.75, 3.05) is 0 Å². The topological polar surface area (TPSA) is 17.1 Å². The Morgan fingerprint density at radius 2 is 1.87 bits per heavy atom. The van der Waals surface area contributed by atoms with Crippen LogP contribution in [0.5, 0.6) is 0 Å². The summed E-state index contributed by atoms with van der Waals surface area (Å²) in [7, 11) is 0. The van der Waals surface area contributed by atoms with Crippen molar-refractivity contribution in [3.05, 3.63) is 47.5 Å². The van der Waals surface area contributed by atoms with E-state index in [-0.39, 0.29) is 0 Å². The third-order valence-electron chi connectivity index (χ3n) is 2.55. The number of aldehydes is 1. The number of carbonyl (C=O) groups excluding carboxylic acids is 1. The van der Waals surface area contributed by atoms with Crippen LogP contribution in [-0.4, -0.2) is 6.29 Å². The monoisotopic (exact) mass is 198 g/mol. The normalized spacial score (nSPS) is 16.8. The number of rotatable bonds is 2. The van der Waals surface area contributed by atoms with Gasteiger partial charge in [-0.05, 0) is 30.5 Å². The summed E-state index contributed by atoms with van der Waals surface area (Å²) in [5.41, 5.74) is 3.19. The molecule has 1 aliphatic rings. The van der Waals surface area contributed by atoms with Crippen LogP contribution in [0.4, 0.5) is 0 Å². The Labute approximate surface area is 90.1 Å². The van der Waals surface area contributed by atoms with Gasteiger partial charge in [0.2, 0.25) is 0 Å². The van der Waals surface area contributed by atoms with Crippen LogP contribution >= 0.6 is 0 Å². The average molecular weight is 198 g/mol. The molecule has 0 unspecified atom stereocenters. The fourth-order valence-corrected chi connectivity index (χ4v) is 1.74. The minimum absolute atomic E-state index is 0.392. The Hall–Kier alpha value is -1.63. The molecule has 0 saturated carbocycles. The van der Waals surface area contributed by atoms with Gasteiger partial charge in [0.15, 0.2) is 0 Å². The number of hydrogen-bond donors (Lipinski definition) is 0. The maximum absolute atomic E-state index is 10.9. The Bertz CT molecular complexity index is 450. The molecular weight excluding hydrogens is 184 g/mol. The molecule has 1 aromatic carbocycles. The van der Waals surface area contributed by atoms with Gasteiger partial charge in [0.05, 0.1) is 0 Å². The van der Waals surface area contributed by atoms with E-state index < -0.39 is 5.41 Å². The summed E-state index contributed by atoms with van der Waals surface area (Å²) < 4.78 is 0. The fourth-order valence-electron chi connectivity index (χ4n) is 1.74. The number of hydrogen-bond acceptors (Lipinski definition) is 1. The first kappa shape index (κ1) is 9.91. The van der Waals surface area contributed by atoms with Crippen LogP contribution < -0.4 is 0 Å². The van der Waals surface area contributed by atoms with Crippen molar-refractivity contribution in [1.29, 1.82) is 0 Å². The third-order valence-corrected chi connectivity index (χ3v) is 2.55. The summed E-state index contributed by atoms with van der Waals surface area (Å²) in [4.78, 5) is 10.9.